The maximum absolute atomic E-state index is 6.26. The molecule has 2 aromatic rings. The number of para-hydroxylation sites is 1. The largest absolute Gasteiger partial charge is 0.361 e. The van der Waals surface area contributed by atoms with Crippen LogP contribution < -0.4 is 5.73 Å². The monoisotopic (exact) mass is 238 g/mol. The smallest absolute Gasteiger partial charge is 0.0457 e. The van der Waals surface area contributed by atoms with E-state index in [1.54, 1.807) is 0 Å². The Morgan fingerprint density at radius 1 is 1.19 bits per heavy atom. The van der Waals surface area contributed by atoms with Crippen LogP contribution in [0.15, 0.2) is 30.5 Å². The second kappa shape index (κ2) is 4.48. The van der Waals surface area contributed by atoms with E-state index in [4.69, 9.17) is 5.73 Å². The van der Waals surface area contributed by atoms with E-state index in [-0.39, 0.29) is 23.9 Å². The van der Waals surface area contributed by atoms with Crippen molar-refractivity contribution in [2.24, 2.45) is 11.1 Å². The van der Waals surface area contributed by atoms with Crippen molar-refractivity contribution in [3.05, 3.63) is 36.0 Å². The number of hydrogen-bond donors (Lipinski definition) is 2. The zero-order chi connectivity index (χ0) is 11.1. The number of aromatic nitrogens is 1. The lowest BCUT2D eigenvalue weighted by molar-refractivity contribution is 0.328. The van der Waals surface area contributed by atoms with E-state index < -0.39 is 0 Å². The Labute approximate surface area is 103 Å². The van der Waals surface area contributed by atoms with Gasteiger partial charge in [0.05, 0.1) is 0 Å². The molecule has 0 unspecified atom stereocenters. The summed E-state index contributed by atoms with van der Waals surface area (Å²) in [6.45, 7) is 6.50. The molecule has 0 fully saturated rings. The molecule has 0 aliphatic heterocycles. The summed E-state index contributed by atoms with van der Waals surface area (Å²) in [6, 6.07) is 8.34. The summed E-state index contributed by atoms with van der Waals surface area (Å²) in [5, 5.41) is 1.24. The molecule has 0 radical (unpaired) electrons. The van der Waals surface area contributed by atoms with Crippen LogP contribution in [0.2, 0.25) is 0 Å². The van der Waals surface area contributed by atoms with Crippen molar-refractivity contribution in [3.63, 3.8) is 0 Å². The van der Waals surface area contributed by atoms with Gasteiger partial charge in [-0.1, -0.05) is 39.0 Å². The van der Waals surface area contributed by atoms with Gasteiger partial charge in [0.2, 0.25) is 0 Å². The number of halogens is 1. The number of fused-ring (bicyclic) bond motifs is 1. The van der Waals surface area contributed by atoms with Crippen LogP contribution >= 0.6 is 12.4 Å². The third-order valence-electron chi connectivity index (χ3n) is 2.89. The molecule has 0 spiro atoms. The first-order chi connectivity index (χ1) is 7.00. The molecule has 2 rings (SSSR count). The van der Waals surface area contributed by atoms with Crippen molar-refractivity contribution in [1.82, 2.24) is 4.98 Å². The molecular formula is C13H19ClN2. The number of hydrogen-bond acceptors (Lipinski definition) is 1. The van der Waals surface area contributed by atoms with Gasteiger partial charge in [-0.15, -0.1) is 12.4 Å². The van der Waals surface area contributed by atoms with Gasteiger partial charge < -0.3 is 10.7 Å². The molecular weight excluding hydrogens is 220 g/mol. The fraction of sp³-hybridized carbons (Fsp3) is 0.385. The van der Waals surface area contributed by atoms with Crippen molar-refractivity contribution >= 4 is 23.3 Å². The Morgan fingerprint density at radius 2 is 1.81 bits per heavy atom. The van der Waals surface area contributed by atoms with E-state index >= 15 is 0 Å². The first kappa shape index (κ1) is 13.1. The molecule has 0 bridgehead atoms. The third kappa shape index (κ3) is 2.23. The predicted molar refractivity (Wildman–Crippen MR) is 71.9 cm³/mol. The van der Waals surface area contributed by atoms with E-state index in [2.05, 4.69) is 44.0 Å². The molecule has 2 nitrogen and oxygen atoms in total. The number of rotatable bonds is 1. The number of H-pyrrole nitrogens is 1. The van der Waals surface area contributed by atoms with Gasteiger partial charge in [-0.2, -0.15) is 0 Å². The molecule has 0 aliphatic carbocycles. The Morgan fingerprint density at radius 3 is 2.44 bits per heavy atom. The molecule has 1 aromatic carbocycles. The number of nitrogens with two attached hydrogens (primary N) is 1. The maximum atomic E-state index is 6.26. The van der Waals surface area contributed by atoms with Crippen LogP contribution in [0.4, 0.5) is 0 Å². The fourth-order valence-electron chi connectivity index (χ4n) is 1.82. The van der Waals surface area contributed by atoms with Gasteiger partial charge in [0.25, 0.3) is 0 Å². The van der Waals surface area contributed by atoms with E-state index in [1.165, 1.54) is 10.9 Å². The number of benzene rings is 1. The molecule has 3 N–H and O–H groups in total. The maximum Gasteiger partial charge on any atom is 0.0457 e. The van der Waals surface area contributed by atoms with Crippen LogP contribution in [0.25, 0.3) is 10.9 Å². The molecule has 3 heteroatoms. The lowest BCUT2D eigenvalue weighted by Crippen LogP contribution is -2.25. The minimum absolute atomic E-state index is 0. The molecule has 0 aliphatic rings. The van der Waals surface area contributed by atoms with Gasteiger partial charge in [0, 0.05) is 23.1 Å². The van der Waals surface area contributed by atoms with Crippen molar-refractivity contribution in [1.29, 1.82) is 0 Å². The van der Waals surface area contributed by atoms with Crippen LogP contribution in [-0.4, -0.2) is 4.98 Å². The Hall–Kier alpha value is -0.990. The topological polar surface area (TPSA) is 41.8 Å². The van der Waals surface area contributed by atoms with Crippen molar-refractivity contribution in [2.45, 2.75) is 26.8 Å². The Balaban J connectivity index is 0.00000128. The average molecular weight is 239 g/mol. The summed E-state index contributed by atoms with van der Waals surface area (Å²) in [6.07, 6.45) is 2.03. The lowest BCUT2D eigenvalue weighted by atomic mass is 9.83. The van der Waals surface area contributed by atoms with Crippen LogP contribution in [0.3, 0.4) is 0 Å². The summed E-state index contributed by atoms with van der Waals surface area (Å²) >= 11 is 0. The molecule has 16 heavy (non-hydrogen) atoms. The minimum Gasteiger partial charge on any atom is -0.361 e. The Bertz CT molecular complexity index is 468. The number of aromatic amines is 1. The zero-order valence-electron chi connectivity index (χ0n) is 9.95. The third-order valence-corrected chi connectivity index (χ3v) is 2.89. The van der Waals surface area contributed by atoms with Crippen molar-refractivity contribution in [2.75, 3.05) is 0 Å². The van der Waals surface area contributed by atoms with Crippen LogP contribution in [-0.2, 0) is 0 Å². The summed E-state index contributed by atoms with van der Waals surface area (Å²) in [5.74, 6) is 0. The standard InChI is InChI=1S/C13H18N2.ClH/c1-13(2,3)12(14)10-8-15-11-7-5-4-6-9(10)11;/h4-8,12,15H,14H2,1-3H3;1H/t12-;/m0./s1. The molecule has 1 atom stereocenters. The molecule has 1 aromatic heterocycles. The minimum atomic E-state index is 0. The van der Waals surface area contributed by atoms with E-state index in [9.17, 15) is 0 Å². The molecule has 0 amide bonds. The highest BCUT2D eigenvalue weighted by atomic mass is 35.5. The van der Waals surface area contributed by atoms with Crippen molar-refractivity contribution in [3.8, 4) is 0 Å². The quantitative estimate of drug-likeness (QED) is 0.783. The van der Waals surface area contributed by atoms with Gasteiger partial charge in [-0.25, -0.2) is 0 Å². The van der Waals surface area contributed by atoms with E-state index in [1.807, 2.05) is 12.3 Å². The lowest BCUT2D eigenvalue weighted by Gasteiger charge is -2.26. The molecule has 88 valence electrons. The molecule has 0 saturated carbocycles. The highest BCUT2D eigenvalue weighted by Gasteiger charge is 2.24. The van der Waals surface area contributed by atoms with Crippen LogP contribution in [0.5, 0.6) is 0 Å². The highest BCUT2D eigenvalue weighted by Crippen LogP contribution is 2.34. The van der Waals surface area contributed by atoms with E-state index in [0.717, 1.165) is 5.52 Å². The summed E-state index contributed by atoms with van der Waals surface area (Å²) < 4.78 is 0. The van der Waals surface area contributed by atoms with Crippen molar-refractivity contribution < 1.29 is 0 Å². The molecule has 0 saturated heterocycles. The second-order valence-electron chi connectivity index (χ2n) is 5.13. The average Bonchev–Trinajstić information content (AvgIpc) is 2.58. The zero-order valence-corrected chi connectivity index (χ0v) is 10.8. The molecule has 1 heterocycles. The van der Waals surface area contributed by atoms with Crippen LogP contribution in [0, 0.1) is 5.41 Å². The van der Waals surface area contributed by atoms with Gasteiger partial charge in [0.15, 0.2) is 0 Å². The van der Waals surface area contributed by atoms with Crippen LogP contribution in [0.1, 0.15) is 32.4 Å². The second-order valence-corrected chi connectivity index (χ2v) is 5.13. The normalized spacial score (nSPS) is 13.5. The summed E-state index contributed by atoms with van der Waals surface area (Å²) in [7, 11) is 0. The van der Waals surface area contributed by atoms with Gasteiger partial charge in [0.1, 0.15) is 0 Å². The summed E-state index contributed by atoms with van der Waals surface area (Å²) in [5.41, 5.74) is 8.72. The first-order valence-electron chi connectivity index (χ1n) is 5.32. The number of nitrogens with one attached hydrogen (secondary N) is 1. The highest BCUT2D eigenvalue weighted by molar-refractivity contribution is 5.85. The SMILES string of the molecule is CC(C)(C)[C@@H](N)c1c[nH]c2ccccc12.Cl. The van der Waals surface area contributed by atoms with Gasteiger partial charge in [-0.05, 0) is 17.0 Å². The van der Waals surface area contributed by atoms with E-state index in [0.29, 0.717) is 0 Å². The Kier molecular flexibility index (Phi) is 3.66. The summed E-state index contributed by atoms with van der Waals surface area (Å²) in [4.78, 5) is 3.26. The fourth-order valence-corrected chi connectivity index (χ4v) is 1.82. The predicted octanol–water partition coefficient (Wildman–Crippen LogP) is 3.64. The van der Waals surface area contributed by atoms with Gasteiger partial charge in [-0.3, -0.25) is 0 Å². The van der Waals surface area contributed by atoms with Gasteiger partial charge >= 0.3 is 0 Å². The first-order valence-corrected chi connectivity index (χ1v) is 5.32.